The highest BCUT2D eigenvalue weighted by atomic mass is 35.5. The van der Waals surface area contributed by atoms with E-state index in [0.29, 0.717) is 18.4 Å². The molecule has 0 aromatic carbocycles. The topological polar surface area (TPSA) is 74.7 Å². The smallest absolute Gasteiger partial charge is 0.343 e. The van der Waals surface area contributed by atoms with Crippen LogP contribution in [0, 0.1) is 0 Å². The van der Waals surface area contributed by atoms with Crippen molar-refractivity contribution in [2.75, 3.05) is 0 Å². The lowest BCUT2D eigenvalue weighted by molar-refractivity contribution is -0.139. The van der Waals surface area contributed by atoms with E-state index in [9.17, 15) is 9.59 Å². The number of allylic oxidation sites excluding steroid dienone is 2. The SMILES string of the molecule is CC(=O)OC1=CC2=CC=CCC23OC(C)(C)CCC3=C1OC(=O)c1ccncc1.Cl. The van der Waals surface area contributed by atoms with E-state index >= 15 is 0 Å². The Morgan fingerprint density at radius 3 is 2.60 bits per heavy atom. The molecule has 0 bridgehead atoms. The van der Waals surface area contributed by atoms with Crippen LogP contribution in [0.1, 0.15) is 50.4 Å². The fourth-order valence-corrected chi connectivity index (χ4v) is 4.07. The molecule has 0 amide bonds. The van der Waals surface area contributed by atoms with Gasteiger partial charge >= 0.3 is 11.9 Å². The Bertz CT molecular complexity index is 990. The van der Waals surface area contributed by atoms with Crippen molar-refractivity contribution in [3.63, 3.8) is 0 Å². The Morgan fingerprint density at radius 2 is 1.90 bits per heavy atom. The molecule has 7 heteroatoms. The molecule has 3 aliphatic rings. The number of pyridine rings is 1. The molecule has 1 fully saturated rings. The Balaban J connectivity index is 0.00000256. The third-order valence-corrected chi connectivity index (χ3v) is 5.35. The van der Waals surface area contributed by atoms with Crippen LogP contribution in [0.2, 0.25) is 0 Å². The fourth-order valence-electron chi connectivity index (χ4n) is 4.07. The molecule has 2 aliphatic carbocycles. The standard InChI is InChI=1S/C23H23NO5.ClH/c1-15(25)27-19-14-17-6-4-5-10-23(17)18(7-11-22(2,3)29-23)20(19)28-21(26)16-8-12-24-13-9-16;/h4-6,8-9,12-14H,7,10-11H2,1-3H3;1H. The third-order valence-electron chi connectivity index (χ3n) is 5.35. The van der Waals surface area contributed by atoms with Gasteiger partial charge in [0.1, 0.15) is 5.60 Å². The second kappa shape index (κ2) is 8.20. The monoisotopic (exact) mass is 429 g/mol. The van der Waals surface area contributed by atoms with Crippen LogP contribution >= 0.6 is 12.4 Å². The van der Waals surface area contributed by atoms with Gasteiger partial charge in [0.15, 0.2) is 11.5 Å². The van der Waals surface area contributed by atoms with Gasteiger partial charge in [0, 0.05) is 31.3 Å². The van der Waals surface area contributed by atoms with Gasteiger partial charge in [-0.05, 0) is 50.5 Å². The Morgan fingerprint density at radius 1 is 1.17 bits per heavy atom. The molecular formula is C23H24ClNO5. The van der Waals surface area contributed by atoms with Crippen molar-refractivity contribution in [2.24, 2.45) is 0 Å². The fraction of sp³-hybridized carbons (Fsp3) is 0.348. The molecule has 0 saturated carbocycles. The average molecular weight is 430 g/mol. The zero-order valence-electron chi connectivity index (χ0n) is 17.1. The number of carbonyl (C=O) groups is 2. The first-order chi connectivity index (χ1) is 13.8. The summed E-state index contributed by atoms with van der Waals surface area (Å²) in [6.45, 7) is 5.44. The second-order valence-electron chi connectivity index (χ2n) is 7.98. The first-order valence-electron chi connectivity index (χ1n) is 9.65. The van der Waals surface area contributed by atoms with Gasteiger partial charge in [-0.3, -0.25) is 9.78 Å². The van der Waals surface area contributed by atoms with Gasteiger partial charge in [-0.25, -0.2) is 4.79 Å². The van der Waals surface area contributed by atoms with Gasteiger partial charge in [0.05, 0.1) is 11.2 Å². The molecule has 4 rings (SSSR count). The summed E-state index contributed by atoms with van der Waals surface area (Å²) in [7, 11) is 0. The minimum Gasteiger partial charge on any atom is -0.423 e. The maximum atomic E-state index is 12.8. The molecule has 30 heavy (non-hydrogen) atoms. The van der Waals surface area contributed by atoms with Crippen LogP contribution in [-0.4, -0.2) is 28.1 Å². The number of carbonyl (C=O) groups excluding carboxylic acids is 2. The predicted molar refractivity (Wildman–Crippen MR) is 113 cm³/mol. The number of hydrogen-bond donors (Lipinski definition) is 0. The third kappa shape index (κ3) is 3.98. The van der Waals surface area contributed by atoms with Gasteiger partial charge in [0.2, 0.25) is 0 Å². The maximum Gasteiger partial charge on any atom is 0.343 e. The van der Waals surface area contributed by atoms with E-state index in [1.165, 1.54) is 19.3 Å². The highest BCUT2D eigenvalue weighted by molar-refractivity contribution is 5.90. The molecule has 1 spiro atoms. The summed E-state index contributed by atoms with van der Waals surface area (Å²) in [6.07, 6.45) is 12.8. The van der Waals surface area contributed by atoms with Crippen molar-refractivity contribution < 1.29 is 23.8 Å². The summed E-state index contributed by atoms with van der Waals surface area (Å²) < 4.78 is 17.8. The van der Waals surface area contributed by atoms with E-state index in [4.69, 9.17) is 14.2 Å². The normalized spacial score (nSPS) is 23.8. The molecule has 6 nitrogen and oxygen atoms in total. The summed E-state index contributed by atoms with van der Waals surface area (Å²) in [5, 5.41) is 0. The number of nitrogens with zero attached hydrogens (tertiary/aromatic N) is 1. The number of esters is 2. The lowest BCUT2D eigenvalue weighted by Gasteiger charge is -2.50. The van der Waals surface area contributed by atoms with Gasteiger partial charge in [0.25, 0.3) is 0 Å². The summed E-state index contributed by atoms with van der Waals surface area (Å²) in [6, 6.07) is 3.16. The van der Waals surface area contributed by atoms with Gasteiger partial charge in [-0.15, -0.1) is 12.4 Å². The van der Waals surface area contributed by atoms with E-state index in [0.717, 1.165) is 17.6 Å². The molecule has 2 heterocycles. The minimum absolute atomic E-state index is 0. The van der Waals surface area contributed by atoms with E-state index < -0.39 is 17.5 Å². The summed E-state index contributed by atoms with van der Waals surface area (Å²) in [5.41, 5.74) is 1.02. The number of hydrogen-bond acceptors (Lipinski definition) is 6. The molecule has 1 aliphatic heterocycles. The summed E-state index contributed by atoms with van der Waals surface area (Å²) in [4.78, 5) is 28.4. The van der Waals surface area contributed by atoms with Crippen LogP contribution in [0.25, 0.3) is 0 Å². The lowest BCUT2D eigenvalue weighted by Crippen LogP contribution is -2.50. The molecule has 0 N–H and O–H groups in total. The molecule has 1 aromatic rings. The Labute approximate surface area is 181 Å². The quantitative estimate of drug-likeness (QED) is 0.654. The van der Waals surface area contributed by atoms with Gasteiger partial charge in [-0.1, -0.05) is 18.2 Å². The van der Waals surface area contributed by atoms with Gasteiger partial charge < -0.3 is 14.2 Å². The Kier molecular flexibility index (Phi) is 6.01. The molecule has 1 saturated heterocycles. The largest absolute Gasteiger partial charge is 0.423 e. The number of halogens is 1. The zero-order chi connectivity index (χ0) is 20.6. The highest BCUT2D eigenvalue weighted by Gasteiger charge is 2.51. The summed E-state index contributed by atoms with van der Waals surface area (Å²) in [5.74, 6) is -0.516. The van der Waals surface area contributed by atoms with Crippen LogP contribution in [0.5, 0.6) is 0 Å². The van der Waals surface area contributed by atoms with E-state index in [1.807, 2.05) is 18.2 Å². The number of ether oxygens (including phenoxy) is 3. The van der Waals surface area contributed by atoms with Crippen molar-refractivity contribution in [2.45, 2.75) is 51.2 Å². The first kappa shape index (κ1) is 22.0. The van der Waals surface area contributed by atoms with Crippen molar-refractivity contribution in [3.05, 3.63) is 77.1 Å². The van der Waals surface area contributed by atoms with Crippen molar-refractivity contribution in [1.82, 2.24) is 4.98 Å². The van der Waals surface area contributed by atoms with Crippen molar-refractivity contribution >= 4 is 24.3 Å². The second-order valence-corrected chi connectivity index (χ2v) is 7.98. The van der Waals surface area contributed by atoms with Crippen LogP contribution in [-0.2, 0) is 19.0 Å². The van der Waals surface area contributed by atoms with Crippen LogP contribution in [0.15, 0.2) is 71.5 Å². The molecule has 0 radical (unpaired) electrons. The first-order valence-corrected chi connectivity index (χ1v) is 9.65. The average Bonchev–Trinajstić information content (AvgIpc) is 2.67. The lowest BCUT2D eigenvalue weighted by atomic mass is 9.71. The summed E-state index contributed by atoms with van der Waals surface area (Å²) >= 11 is 0. The number of aromatic nitrogens is 1. The van der Waals surface area contributed by atoms with Crippen molar-refractivity contribution in [1.29, 1.82) is 0 Å². The van der Waals surface area contributed by atoms with Crippen molar-refractivity contribution in [3.8, 4) is 0 Å². The highest BCUT2D eigenvalue weighted by Crippen LogP contribution is 2.52. The zero-order valence-corrected chi connectivity index (χ0v) is 18.0. The maximum absolute atomic E-state index is 12.8. The van der Waals surface area contributed by atoms with Gasteiger partial charge in [-0.2, -0.15) is 0 Å². The van der Waals surface area contributed by atoms with Crippen LogP contribution in [0.4, 0.5) is 0 Å². The molecule has 158 valence electrons. The predicted octanol–water partition coefficient (Wildman–Crippen LogP) is 4.59. The van der Waals surface area contributed by atoms with E-state index in [2.05, 4.69) is 18.8 Å². The minimum atomic E-state index is -0.728. The molecule has 1 unspecified atom stereocenters. The Hall–Kier alpha value is -2.70. The van der Waals surface area contributed by atoms with E-state index in [1.54, 1.807) is 18.2 Å². The molecule has 1 aromatic heterocycles. The van der Waals surface area contributed by atoms with Crippen LogP contribution < -0.4 is 0 Å². The molecular weight excluding hydrogens is 406 g/mol. The van der Waals surface area contributed by atoms with Crippen LogP contribution in [0.3, 0.4) is 0 Å². The van der Waals surface area contributed by atoms with E-state index in [-0.39, 0.29) is 29.5 Å². The molecule has 1 atom stereocenters. The number of rotatable bonds is 3.